The molecule has 0 bridgehead atoms. The van der Waals surface area contributed by atoms with Gasteiger partial charge < -0.3 is 19.5 Å². The molecule has 0 saturated carbocycles. The number of furan rings is 1. The second-order valence-electron chi connectivity index (χ2n) is 6.52. The Hall–Kier alpha value is -2.64. The molecule has 0 unspecified atom stereocenters. The molecule has 2 aromatic heterocycles. The third-order valence-corrected chi connectivity index (χ3v) is 4.56. The minimum Gasteiger partial charge on any atom is -0.467 e. The summed E-state index contributed by atoms with van der Waals surface area (Å²) in [5, 5.41) is 2.96. The normalized spacial score (nSPS) is 16.7. The van der Waals surface area contributed by atoms with E-state index in [0.29, 0.717) is 12.1 Å². The number of benzene rings is 1. The molecule has 0 aliphatic carbocycles. The van der Waals surface area contributed by atoms with Gasteiger partial charge in [0.15, 0.2) is 0 Å². The molecule has 1 atom stereocenters. The van der Waals surface area contributed by atoms with E-state index in [4.69, 9.17) is 9.15 Å². The first kappa shape index (κ1) is 16.8. The van der Waals surface area contributed by atoms with Crippen LogP contribution in [0.2, 0.25) is 0 Å². The van der Waals surface area contributed by atoms with Crippen molar-refractivity contribution in [2.24, 2.45) is 0 Å². The van der Waals surface area contributed by atoms with Crippen LogP contribution in [0.15, 0.2) is 41.0 Å². The largest absolute Gasteiger partial charge is 0.467 e. The van der Waals surface area contributed by atoms with Crippen molar-refractivity contribution in [3.8, 4) is 0 Å². The van der Waals surface area contributed by atoms with Crippen LogP contribution in [0.4, 0.5) is 0 Å². The first-order chi connectivity index (χ1) is 12.7. The second kappa shape index (κ2) is 7.31. The van der Waals surface area contributed by atoms with Crippen LogP contribution in [0.3, 0.4) is 0 Å². The van der Waals surface area contributed by atoms with Crippen molar-refractivity contribution < 1.29 is 13.9 Å². The molecule has 1 aliphatic rings. The fourth-order valence-corrected chi connectivity index (χ4v) is 3.09. The summed E-state index contributed by atoms with van der Waals surface area (Å²) in [6.07, 6.45) is 1.51. The predicted molar refractivity (Wildman–Crippen MR) is 96.8 cm³/mol. The average Bonchev–Trinajstić information content (AvgIpc) is 3.29. The molecule has 7 heteroatoms. The van der Waals surface area contributed by atoms with Gasteiger partial charge in [-0.25, -0.2) is 4.98 Å². The lowest BCUT2D eigenvalue weighted by Crippen LogP contribution is -2.35. The molecule has 3 heterocycles. The highest BCUT2D eigenvalue weighted by Gasteiger charge is 2.18. The van der Waals surface area contributed by atoms with E-state index in [1.165, 1.54) is 6.26 Å². The third kappa shape index (κ3) is 3.63. The van der Waals surface area contributed by atoms with Crippen LogP contribution >= 0.6 is 0 Å². The highest BCUT2D eigenvalue weighted by Crippen LogP contribution is 2.17. The van der Waals surface area contributed by atoms with E-state index < -0.39 is 0 Å². The number of H-pyrrole nitrogens is 1. The van der Waals surface area contributed by atoms with E-state index in [0.717, 1.165) is 48.9 Å². The van der Waals surface area contributed by atoms with Crippen molar-refractivity contribution in [1.29, 1.82) is 0 Å². The Morgan fingerprint density at radius 1 is 1.35 bits per heavy atom. The number of nitrogens with one attached hydrogen (secondary N) is 2. The first-order valence-electron chi connectivity index (χ1n) is 8.82. The molecule has 4 rings (SSSR count). The van der Waals surface area contributed by atoms with E-state index >= 15 is 0 Å². The smallest absolute Gasteiger partial charge is 0.255 e. The Kier molecular flexibility index (Phi) is 4.73. The fraction of sp³-hybridized carbons (Fsp3) is 0.368. The highest BCUT2D eigenvalue weighted by atomic mass is 16.5. The van der Waals surface area contributed by atoms with E-state index in [1.807, 2.05) is 31.2 Å². The number of para-hydroxylation sites is 2. The van der Waals surface area contributed by atoms with Gasteiger partial charge in [0.25, 0.3) is 5.91 Å². The van der Waals surface area contributed by atoms with Gasteiger partial charge in [0.05, 0.1) is 42.4 Å². The van der Waals surface area contributed by atoms with E-state index in [9.17, 15) is 4.79 Å². The summed E-state index contributed by atoms with van der Waals surface area (Å²) in [7, 11) is 0. The maximum Gasteiger partial charge on any atom is 0.255 e. The van der Waals surface area contributed by atoms with E-state index in [2.05, 4.69) is 20.2 Å². The quantitative estimate of drug-likeness (QED) is 0.735. The van der Waals surface area contributed by atoms with Gasteiger partial charge in [0.2, 0.25) is 0 Å². The van der Waals surface area contributed by atoms with Crippen molar-refractivity contribution in [3.05, 3.63) is 53.7 Å². The van der Waals surface area contributed by atoms with Crippen LogP contribution in [-0.2, 0) is 11.3 Å². The van der Waals surface area contributed by atoms with E-state index in [-0.39, 0.29) is 11.9 Å². The summed E-state index contributed by atoms with van der Waals surface area (Å²) >= 11 is 0. The Balaban J connectivity index is 1.39. The molecule has 3 aromatic rings. The Bertz CT molecular complexity index is 862. The van der Waals surface area contributed by atoms with Gasteiger partial charge in [-0.2, -0.15) is 0 Å². The maximum atomic E-state index is 12.5. The highest BCUT2D eigenvalue weighted by molar-refractivity contribution is 5.94. The topological polar surface area (TPSA) is 83.4 Å². The first-order valence-corrected chi connectivity index (χ1v) is 8.82. The van der Waals surface area contributed by atoms with Crippen molar-refractivity contribution in [2.45, 2.75) is 19.5 Å². The molecule has 2 N–H and O–H groups in total. The fourth-order valence-electron chi connectivity index (χ4n) is 3.09. The van der Waals surface area contributed by atoms with Crippen molar-refractivity contribution in [1.82, 2.24) is 20.2 Å². The number of hydrogen-bond donors (Lipinski definition) is 2. The summed E-state index contributed by atoms with van der Waals surface area (Å²) in [5.74, 6) is 1.35. The number of amides is 1. The van der Waals surface area contributed by atoms with Gasteiger partial charge >= 0.3 is 0 Å². The number of carbonyl (C=O) groups excluding carboxylic acids is 1. The summed E-state index contributed by atoms with van der Waals surface area (Å²) in [4.78, 5) is 22.5. The Morgan fingerprint density at radius 2 is 2.15 bits per heavy atom. The molecule has 1 saturated heterocycles. The second-order valence-corrected chi connectivity index (χ2v) is 6.52. The molecule has 1 aromatic carbocycles. The van der Waals surface area contributed by atoms with Gasteiger partial charge in [-0.05, 0) is 25.1 Å². The molecule has 136 valence electrons. The number of nitrogens with zero attached hydrogens (tertiary/aromatic N) is 2. The van der Waals surface area contributed by atoms with Crippen LogP contribution < -0.4 is 5.32 Å². The van der Waals surface area contributed by atoms with Gasteiger partial charge in [0.1, 0.15) is 17.8 Å². The number of carbonyl (C=O) groups is 1. The molecule has 0 radical (unpaired) electrons. The zero-order valence-electron chi connectivity index (χ0n) is 14.7. The summed E-state index contributed by atoms with van der Waals surface area (Å²) < 4.78 is 10.9. The minimum atomic E-state index is -0.229. The lowest BCUT2D eigenvalue weighted by atomic mass is 10.2. The maximum absolute atomic E-state index is 12.5. The predicted octanol–water partition coefficient (Wildman–Crippen LogP) is 2.48. The van der Waals surface area contributed by atoms with Crippen molar-refractivity contribution in [2.75, 3.05) is 26.3 Å². The molecule has 1 aliphatic heterocycles. The number of imidazole rings is 1. The lowest BCUT2D eigenvalue weighted by Gasteiger charge is -2.25. The molecular weight excluding hydrogens is 332 g/mol. The van der Waals surface area contributed by atoms with Gasteiger partial charge in [-0.1, -0.05) is 12.1 Å². The van der Waals surface area contributed by atoms with Crippen LogP contribution in [0, 0.1) is 0 Å². The third-order valence-electron chi connectivity index (χ3n) is 4.56. The number of morpholine rings is 1. The Labute approximate surface area is 151 Å². The zero-order valence-corrected chi connectivity index (χ0v) is 14.7. The van der Waals surface area contributed by atoms with Crippen molar-refractivity contribution >= 4 is 16.9 Å². The number of aromatic nitrogens is 2. The van der Waals surface area contributed by atoms with Crippen LogP contribution in [0.25, 0.3) is 11.0 Å². The lowest BCUT2D eigenvalue weighted by molar-refractivity contribution is 0.0313. The summed E-state index contributed by atoms with van der Waals surface area (Å²) in [6, 6.07) is 9.38. The van der Waals surface area contributed by atoms with E-state index in [1.54, 1.807) is 6.07 Å². The standard InChI is InChI=1S/C19H22N4O3/c1-13(18-21-16-4-2-3-5-17(16)22-18)20-19(24)14-10-15(26-12-14)11-23-6-8-25-9-7-23/h2-5,10,12-13H,6-9,11H2,1H3,(H,20,24)(H,21,22)/t13-/m1/s1. The molecule has 1 amide bonds. The van der Waals surface area contributed by atoms with Crippen LogP contribution in [0.5, 0.6) is 0 Å². The van der Waals surface area contributed by atoms with Gasteiger partial charge in [0, 0.05) is 13.1 Å². The number of rotatable bonds is 5. The molecule has 1 fully saturated rings. The number of fused-ring (bicyclic) bond motifs is 1. The Morgan fingerprint density at radius 3 is 2.96 bits per heavy atom. The van der Waals surface area contributed by atoms with Crippen LogP contribution in [0.1, 0.15) is 34.9 Å². The monoisotopic (exact) mass is 354 g/mol. The number of ether oxygens (including phenoxy) is 1. The summed E-state index contributed by atoms with van der Waals surface area (Å²) in [6.45, 7) is 5.84. The van der Waals surface area contributed by atoms with Gasteiger partial charge in [-0.3, -0.25) is 9.69 Å². The number of aromatic amines is 1. The SMILES string of the molecule is C[C@@H](NC(=O)c1coc(CN2CCOCC2)c1)c1nc2ccccc2[nH]1. The molecular formula is C19H22N4O3. The molecule has 7 nitrogen and oxygen atoms in total. The van der Waals surface area contributed by atoms with Crippen molar-refractivity contribution in [3.63, 3.8) is 0 Å². The van der Waals surface area contributed by atoms with Crippen LogP contribution in [-0.4, -0.2) is 47.1 Å². The average molecular weight is 354 g/mol. The summed E-state index contributed by atoms with van der Waals surface area (Å²) in [5.41, 5.74) is 2.37. The molecule has 0 spiro atoms. The zero-order chi connectivity index (χ0) is 17.9. The minimum absolute atomic E-state index is 0.171. The number of hydrogen-bond acceptors (Lipinski definition) is 5. The van der Waals surface area contributed by atoms with Gasteiger partial charge in [-0.15, -0.1) is 0 Å². The molecule has 26 heavy (non-hydrogen) atoms.